The van der Waals surface area contributed by atoms with Crippen molar-refractivity contribution in [1.82, 2.24) is 5.32 Å². The minimum atomic E-state index is -0.252. The van der Waals surface area contributed by atoms with E-state index in [1.807, 2.05) is 55.5 Å². The van der Waals surface area contributed by atoms with E-state index in [-0.39, 0.29) is 18.6 Å². The van der Waals surface area contributed by atoms with Crippen LogP contribution in [0.1, 0.15) is 28.1 Å². The second kappa shape index (κ2) is 7.32. The van der Waals surface area contributed by atoms with E-state index in [0.29, 0.717) is 24.2 Å². The molecule has 1 aromatic heterocycles. The molecule has 2 N–H and O–H groups in total. The van der Waals surface area contributed by atoms with Crippen LogP contribution in [0.5, 0.6) is 0 Å². The summed E-state index contributed by atoms with van der Waals surface area (Å²) in [6.45, 7) is 2.03. The Morgan fingerprint density at radius 3 is 2.71 bits per heavy atom. The van der Waals surface area contributed by atoms with Crippen LogP contribution in [0.15, 0.2) is 59.0 Å². The number of carbonyl (C=O) groups excluding carboxylic acids is 1. The maximum Gasteiger partial charge on any atom is 0.287 e. The predicted molar refractivity (Wildman–Crippen MR) is 94.1 cm³/mol. The molecule has 1 amide bonds. The van der Waals surface area contributed by atoms with Crippen LogP contribution in [0.25, 0.3) is 11.0 Å². The smallest absolute Gasteiger partial charge is 0.287 e. The second-order valence-electron chi connectivity index (χ2n) is 6.02. The van der Waals surface area contributed by atoms with E-state index in [0.717, 1.165) is 16.5 Å². The first-order chi connectivity index (χ1) is 11.7. The maximum absolute atomic E-state index is 12.5. The van der Waals surface area contributed by atoms with E-state index in [4.69, 9.17) is 4.42 Å². The molecule has 0 aliphatic carbocycles. The van der Waals surface area contributed by atoms with Gasteiger partial charge in [0.05, 0.1) is 0 Å². The highest BCUT2D eigenvalue weighted by atomic mass is 16.3. The van der Waals surface area contributed by atoms with Crippen molar-refractivity contribution in [3.05, 3.63) is 71.5 Å². The van der Waals surface area contributed by atoms with Crippen LogP contribution in [0.3, 0.4) is 0 Å². The monoisotopic (exact) mass is 323 g/mol. The van der Waals surface area contributed by atoms with E-state index in [1.165, 1.54) is 0 Å². The number of furan rings is 1. The van der Waals surface area contributed by atoms with Gasteiger partial charge in [0.2, 0.25) is 0 Å². The van der Waals surface area contributed by atoms with Gasteiger partial charge >= 0.3 is 0 Å². The molecular formula is C20H21NO3. The summed E-state index contributed by atoms with van der Waals surface area (Å²) < 4.78 is 5.64. The fourth-order valence-corrected chi connectivity index (χ4v) is 2.81. The number of hydrogen-bond donors (Lipinski definition) is 2. The molecule has 2 aromatic carbocycles. The fraction of sp³-hybridized carbons (Fsp3) is 0.250. The zero-order valence-corrected chi connectivity index (χ0v) is 13.7. The van der Waals surface area contributed by atoms with Gasteiger partial charge in [0.25, 0.3) is 5.91 Å². The van der Waals surface area contributed by atoms with Crippen molar-refractivity contribution in [3.63, 3.8) is 0 Å². The van der Waals surface area contributed by atoms with E-state index in [1.54, 1.807) is 6.07 Å². The van der Waals surface area contributed by atoms with Gasteiger partial charge in [-0.2, -0.15) is 0 Å². The quantitative estimate of drug-likeness (QED) is 0.730. The molecule has 0 aliphatic rings. The van der Waals surface area contributed by atoms with E-state index in [2.05, 4.69) is 5.32 Å². The van der Waals surface area contributed by atoms with Crippen LogP contribution in [-0.2, 0) is 6.42 Å². The first kappa shape index (κ1) is 16.3. The van der Waals surface area contributed by atoms with Crippen molar-refractivity contribution in [2.24, 2.45) is 0 Å². The van der Waals surface area contributed by atoms with Crippen LogP contribution in [0.2, 0.25) is 0 Å². The fourth-order valence-electron chi connectivity index (χ4n) is 2.81. The summed E-state index contributed by atoms with van der Waals surface area (Å²) in [6.07, 6.45) is 1.17. The summed E-state index contributed by atoms with van der Waals surface area (Å²) in [5.41, 5.74) is 2.95. The normalized spacial score (nSPS) is 12.2. The molecule has 24 heavy (non-hydrogen) atoms. The Balaban J connectivity index is 1.74. The van der Waals surface area contributed by atoms with Crippen molar-refractivity contribution >= 4 is 16.9 Å². The van der Waals surface area contributed by atoms with Crippen molar-refractivity contribution in [2.45, 2.75) is 25.8 Å². The molecule has 0 fully saturated rings. The first-order valence-electron chi connectivity index (χ1n) is 8.11. The lowest BCUT2D eigenvalue weighted by atomic mass is 10.0. The number of aryl methyl sites for hydroxylation is 1. The third-order valence-electron chi connectivity index (χ3n) is 4.03. The molecule has 3 rings (SSSR count). The Morgan fingerprint density at radius 1 is 1.17 bits per heavy atom. The van der Waals surface area contributed by atoms with Gasteiger partial charge in [-0.25, -0.2) is 0 Å². The number of amides is 1. The molecule has 0 aliphatic heterocycles. The molecule has 1 heterocycles. The average molecular weight is 323 g/mol. The van der Waals surface area contributed by atoms with E-state index in [9.17, 15) is 9.90 Å². The summed E-state index contributed by atoms with van der Waals surface area (Å²) in [5.74, 6) is 0.0461. The molecule has 4 nitrogen and oxygen atoms in total. The van der Waals surface area contributed by atoms with Gasteiger partial charge in [-0.3, -0.25) is 4.79 Å². The van der Waals surface area contributed by atoms with Gasteiger partial charge in [0, 0.05) is 18.0 Å². The van der Waals surface area contributed by atoms with Gasteiger partial charge in [0.1, 0.15) is 5.58 Å². The molecule has 0 bridgehead atoms. The number of carbonyl (C=O) groups is 1. The highest BCUT2D eigenvalue weighted by molar-refractivity contribution is 5.96. The number of rotatable bonds is 6. The number of nitrogens with one attached hydrogen (secondary N) is 1. The van der Waals surface area contributed by atoms with Gasteiger partial charge in [-0.05, 0) is 43.5 Å². The van der Waals surface area contributed by atoms with E-state index >= 15 is 0 Å². The SMILES string of the molecule is Cc1ccc2oc(C(=O)N[C@H](CCO)Cc3ccccc3)cc2c1. The van der Waals surface area contributed by atoms with Gasteiger partial charge in [0.15, 0.2) is 5.76 Å². The number of aliphatic hydroxyl groups is 1. The summed E-state index contributed by atoms with van der Waals surface area (Å²) in [5, 5.41) is 13.2. The highest BCUT2D eigenvalue weighted by Crippen LogP contribution is 2.20. The second-order valence-corrected chi connectivity index (χ2v) is 6.02. The Labute approximate surface area is 141 Å². The Hall–Kier alpha value is -2.59. The van der Waals surface area contributed by atoms with Crippen LogP contribution in [0, 0.1) is 6.92 Å². The number of benzene rings is 2. The number of hydrogen-bond acceptors (Lipinski definition) is 3. The van der Waals surface area contributed by atoms with Crippen LogP contribution in [0.4, 0.5) is 0 Å². The molecule has 0 saturated carbocycles. The zero-order valence-electron chi connectivity index (χ0n) is 13.7. The standard InChI is InChI=1S/C20H21NO3/c1-14-7-8-18-16(11-14)13-19(24-18)20(23)21-17(9-10-22)12-15-5-3-2-4-6-15/h2-8,11,13,17,22H,9-10,12H2,1H3,(H,21,23)/t17-/m1/s1. The molecule has 0 unspecified atom stereocenters. The molecule has 3 aromatic rings. The predicted octanol–water partition coefficient (Wildman–Crippen LogP) is 3.46. The Kier molecular flexibility index (Phi) is 4.96. The molecule has 1 atom stereocenters. The third-order valence-corrected chi connectivity index (χ3v) is 4.03. The van der Waals surface area contributed by atoms with Gasteiger partial charge in [-0.15, -0.1) is 0 Å². The van der Waals surface area contributed by atoms with Gasteiger partial charge < -0.3 is 14.8 Å². The third kappa shape index (κ3) is 3.84. The van der Waals surface area contributed by atoms with Crippen molar-refractivity contribution < 1.29 is 14.3 Å². The molecule has 4 heteroatoms. The van der Waals surface area contributed by atoms with Crippen LogP contribution in [-0.4, -0.2) is 23.7 Å². The largest absolute Gasteiger partial charge is 0.451 e. The Bertz CT molecular complexity index is 823. The van der Waals surface area contributed by atoms with Crippen LogP contribution < -0.4 is 5.32 Å². The summed E-state index contributed by atoms with van der Waals surface area (Å²) in [7, 11) is 0. The van der Waals surface area contributed by atoms with Crippen LogP contribution >= 0.6 is 0 Å². The molecule has 0 spiro atoms. The average Bonchev–Trinajstić information content (AvgIpc) is 2.99. The molecule has 0 radical (unpaired) electrons. The first-order valence-corrected chi connectivity index (χ1v) is 8.11. The lowest BCUT2D eigenvalue weighted by Gasteiger charge is -2.17. The van der Waals surface area contributed by atoms with E-state index < -0.39 is 0 Å². The van der Waals surface area contributed by atoms with Crippen molar-refractivity contribution in [2.75, 3.05) is 6.61 Å². The maximum atomic E-state index is 12.5. The van der Waals surface area contributed by atoms with Crippen molar-refractivity contribution in [1.29, 1.82) is 0 Å². The lowest BCUT2D eigenvalue weighted by Crippen LogP contribution is -2.37. The van der Waals surface area contributed by atoms with Gasteiger partial charge in [-0.1, -0.05) is 42.0 Å². The number of fused-ring (bicyclic) bond motifs is 1. The molecule has 0 saturated heterocycles. The summed E-state index contributed by atoms with van der Waals surface area (Å²) >= 11 is 0. The minimum Gasteiger partial charge on any atom is -0.451 e. The summed E-state index contributed by atoms with van der Waals surface area (Å²) in [6, 6.07) is 17.4. The topological polar surface area (TPSA) is 62.5 Å². The lowest BCUT2D eigenvalue weighted by molar-refractivity contribution is 0.0904. The minimum absolute atomic E-state index is 0.0249. The summed E-state index contributed by atoms with van der Waals surface area (Å²) in [4.78, 5) is 12.5. The highest BCUT2D eigenvalue weighted by Gasteiger charge is 2.17. The number of aliphatic hydroxyl groups excluding tert-OH is 1. The zero-order chi connectivity index (χ0) is 16.9. The Morgan fingerprint density at radius 2 is 1.96 bits per heavy atom. The molecule has 124 valence electrons. The molecular weight excluding hydrogens is 302 g/mol. The van der Waals surface area contributed by atoms with Crippen molar-refractivity contribution in [3.8, 4) is 0 Å².